The number of carbonyl (C=O) groups excluding carboxylic acids is 1. The highest BCUT2D eigenvalue weighted by Crippen LogP contribution is 2.22. The first-order valence-electron chi connectivity index (χ1n) is 6.25. The summed E-state index contributed by atoms with van der Waals surface area (Å²) in [6, 6.07) is 0. The molecule has 6 heteroatoms. The van der Waals surface area contributed by atoms with Gasteiger partial charge in [-0.1, -0.05) is 0 Å². The molecule has 2 saturated heterocycles. The van der Waals surface area contributed by atoms with E-state index in [4.69, 9.17) is 10.6 Å². The average Bonchev–Trinajstić information content (AvgIpc) is 2.76. The Kier molecular flexibility index (Phi) is 4.33. The fourth-order valence-corrected chi connectivity index (χ4v) is 2.61. The smallest absolute Gasteiger partial charge is 0.263 e. The molecule has 2 heterocycles. The normalized spacial score (nSPS) is 34.8. The van der Waals surface area contributed by atoms with Gasteiger partial charge in [-0.2, -0.15) is 0 Å². The van der Waals surface area contributed by atoms with Crippen molar-refractivity contribution in [3.05, 3.63) is 0 Å². The van der Waals surface area contributed by atoms with Crippen LogP contribution in [0.5, 0.6) is 0 Å². The number of nitrogens with zero attached hydrogens (tertiary/aromatic N) is 1. The second kappa shape index (κ2) is 5.77. The van der Waals surface area contributed by atoms with Crippen LogP contribution in [-0.2, 0) is 9.53 Å². The molecule has 3 unspecified atom stereocenters. The number of aliphatic hydroxyl groups is 1. The van der Waals surface area contributed by atoms with E-state index in [1.54, 1.807) is 0 Å². The van der Waals surface area contributed by atoms with Crippen molar-refractivity contribution in [2.24, 2.45) is 5.84 Å². The van der Waals surface area contributed by atoms with Crippen LogP contribution in [-0.4, -0.2) is 53.9 Å². The quantitative estimate of drug-likeness (QED) is 0.335. The van der Waals surface area contributed by atoms with Gasteiger partial charge in [0, 0.05) is 13.1 Å². The summed E-state index contributed by atoms with van der Waals surface area (Å²) in [4.78, 5) is 13.5. The van der Waals surface area contributed by atoms with Crippen LogP contribution in [0.2, 0.25) is 0 Å². The molecule has 3 atom stereocenters. The van der Waals surface area contributed by atoms with Crippen LogP contribution >= 0.6 is 0 Å². The van der Waals surface area contributed by atoms with E-state index in [9.17, 15) is 9.90 Å². The Hall–Kier alpha value is -0.690. The fraction of sp³-hybridized carbons (Fsp3) is 0.909. The van der Waals surface area contributed by atoms with Crippen molar-refractivity contribution in [1.29, 1.82) is 0 Å². The maximum absolute atomic E-state index is 11.3. The molecular weight excluding hydrogens is 222 g/mol. The third kappa shape index (κ3) is 3.38. The molecule has 0 bridgehead atoms. The molecule has 2 aliphatic heterocycles. The molecule has 0 aromatic rings. The predicted octanol–water partition coefficient (Wildman–Crippen LogP) is -1.02. The second-order valence-corrected chi connectivity index (χ2v) is 4.89. The zero-order valence-corrected chi connectivity index (χ0v) is 9.97. The topological polar surface area (TPSA) is 87.8 Å². The summed E-state index contributed by atoms with van der Waals surface area (Å²) >= 11 is 0. The van der Waals surface area contributed by atoms with Gasteiger partial charge in [-0.15, -0.1) is 0 Å². The summed E-state index contributed by atoms with van der Waals surface area (Å²) < 4.78 is 5.64. The first kappa shape index (κ1) is 12.8. The number of amides is 1. The Balaban J connectivity index is 1.75. The summed E-state index contributed by atoms with van der Waals surface area (Å²) in [6.45, 7) is 2.52. The number of aliphatic hydroxyl groups excluding tert-OH is 1. The first-order chi connectivity index (χ1) is 8.19. The van der Waals surface area contributed by atoms with E-state index in [1.165, 1.54) is 0 Å². The minimum atomic E-state index is -0.403. The standard InChI is InChI=1S/C11H21N3O3/c12-13-11(16)10-4-3-9(17-10)7-14-5-1-2-8(15)6-14/h8-10,15H,1-7,12H2,(H,13,16). The lowest BCUT2D eigenvalue weighted by Gasteiger charge is -2.31. The number of hydrogen-bond acceptors (Lipinski definition) is 5. The number of hydrazine groups is 1. The summed E-state index contributed by atoms with van der Waals surface area (Å²) in [7, 11) is 0. The monoisotopic (exact) mass is 243 g/mol. The van der Waals surface area contributed by atoms with E-state index in [0.29, 0.717) is 6.54 Å². The second-order valence-electron chi connectivity index (χ2n) is 4.89. The number of nitrogens with two attached hydrogens (primary N) is 1. The summed E-state index contributed by atoms with van der Waals surface area (Å²) in [5, 5.41) is 9.57. The molecule has 98 valence electrons. The number of piperidine rings is 1. The summed E-state index contributed by atoms with van der Waals surface area (Å²) in [5.41, 5.74) is 2.12. The molecular formula is C11H21N3O3. The zero-order chi connectivity index (χ0) is 12.3. The number of likely N-dealkylation sites (tertiary alicyclic amines) is 1. The molecule has 0 radical (unpaired) electrons. The Morgan fingerprint density at radius 2 is 2.29 bits per heavy atom. The maximum atomic E-state index is 11.3. The number of carbonyl (C=O) groups is 1. The van der Waals surface area contributed by atoms with Gasteiger partial charge in [0.25, 0.3) is 5.91 Å². The Morgan fingerprint density at radius 1 is 1.47 bits per heavy atom. The Labute approximate surface area is 101 Å². The molecule has 0 aromatic carbocycles. The molecule has 2 fully saturated rings. The van der Waals surface area contributed by atoms with E-state index in [0.717, 1.165) is 38.8 Å². The van der Waals surface area contributed by atoms with Gasteiger partial charge < -0.3 is 9.84 Å². The van der Waals surface area contributed by atoms with Gasteiger partial charge in [0.05, 0.1) is 12.2 Å². The number of rotatable bonds is 3. The summed E-state index contributed by atoms with van der Waals surface area (Å²) in [6.07, 6.45) is 2.99. The predicted molar refractivity (Wildman–Crippen MR) is 61.9 cm³/mol. The van der Waals surface area contributed by atoms with Gasteiger partial charge in [0.1, 0.15) is 6.10 Å². The van der Waals surface area contributed by atoms with Gasteiger partial charge in [0.15, 0.2) is 0 Å². The Morgan fingerprint density at radius 3 is 3.00 bits per heavy atom. The van der Waals surface area contributed by atoms with Crippen molar-refractivity contribution in [3.63, 3.8) is 0 Å². The largest absolute Gasteiger partial charge is 0.392 e. The molecule has 2 rings (SSSR count). The lowest BCUT2D eigenvalue weighted by Crippen LogP contribution is -2.43. The van der Waals surface area contributed by atoms with E-state index in [-0.39, 0.29) is 18.1 Å². The molecule has 2 aliphatic rings. The number of ether oxygens (including phenoxy) is 1. The highest BCUT2D eigenvalue weighted by atomic mass is 16.5. The van der Waals surface area contributed by atoms with Gasteiger partial charge >= 0.3 is 0 Å². The fourth-order valence-electron chi connectivity index (χ4n) is 2.61. The highest BCUT2D eigenvalue weighted by Gasteiger charge is 2.32. The van der Waals surface area contributed by atoms with E-state index in [1.807, 2.05) is 0 Å². The third-order valence-corrected chi connectivity index (χ3v) is 3.48. The maximum Gasteiger partial charge on any atom is 0.263 e. The molecule has 0 aromatic heterocycles. The first-order valence-corrected chi connectivity index (χ1v) is 6.25. The van der Waals surface area contributed by atoms with Crippen LogP contribution in [0.15, 0.2) is 0 Å². The van der Waals surface area contributed by atoms with Gasteiger partial charge in [-0.05, 0) is 32.2 Å². The van der Waals surface area contributed by atoms with Gasteiger partial charge in [-0.25, -0.2) is 5.84 Å². The van der Waals surface area contributed by atoms with Crippen LogP contribution in [0.25, 0.3) is 0 Å². The van der Waals surface area contributed by atoms with Crippen molar-refractivity contribution in [2.75, 3.05) is 19.6 Å². The van der Waals surface area contributed by atoms with E-state index >= 15 is 0 Å². The molecule has 17 heavy (non-hydrogen) atoms. The highest BCUT2D eigenvalue weighted by molar-refractivity contribution is 5.80. The Bertz CT molecular complexity index is 275. The van der Waals surface area contributed by atoms with Crippen molar-refractivity contribution >= 4 is 5.91 Å². The van der Waals surface area contributed by atoms with E-state index in [2.05, 4.69) is 10.3 Å². The van der Waals surface area contributed by atoms with Crippen molar-refractivity contribution < 1.29 is 14.6 Å². The van der Waals surface area contributed by atoms with Crippen molar-refractivity contribution in [2.45, 2.75) is 44.0 Å². The number of nitrogens with one attached hydrogen (secondary N) is 1. The molecule has 0 aliphatic carbocycles. The van der Waals surface area contributed by atoms with Crippen LogP contribution in [0.3, 0.4) is 0 Å². The minimum Gasteiger partial charge on any atom is -0.392 e. The van der Waals surface area contributed by atoms with Crippen molar-refractivity contribution in [3.8, 4) is 0 Å². The van der Waals surface area contributed by atoms with Gasteiger partial charge in [0.2, 0.25) is 0 Å². The third-order valence-electron chi connectivity index (χ3n) is 3.48. The zero-order valence-electron chi connectivity index (χ0n) is 9.97. The molecule has 1 amide bonds. The molecule has 6 nitrogen and oxygen atoms in total. The minimum absolute atomic E-state index is 0.0857. The summed E-state index contributed by atoms with van der Waals surface area (Å²) in [5.74, 6) is 4.83. The van der Waals surface area contributed by atoms with Gasteiger partial charge in [-0.3, -0.25) is 15.1 Å². The SMILES string of the molecule is NNC(=O)C1CCC(CN2CCCC(O)C2)O1. The van der Waals surface area contributed by atoms with Crippen LogP contribution in [0, 0.1) is 0 Å². The van der Waals surface area contributed by atoms with E-state index < -0.39 is 6.10 Å². The lowest BCUT2D eigenvalue weighted by atomic mass is 10.1. The molecule has 4 N–H and O–H groups in total. The molecule has 0 saturated carbocycles. The van der Waals surface area contributed by atoms with Crippen LogP contribution in [0.4, 0.5) is 0 Å². The van der Waals surface area contributed by atoms with Crippen LogP contribution in [0.1, 0.15) is 25.7 Å². The average molecular weight is 243 g/mol. The lowest BCUT2D eigenvalue weighted by molar-refractivity contribution is -0.132. The number of hydrogen-bond donors (Lipinski definition) is 3. The van der Waals surface area contributed by atoms with Crippen LogP contribution < -0.4 is 11.3 Å². The van der Waals surface area contributed by atoms with Crippen molar-refractivity contribution in [1.82, 2.24) is 10.3 Å². The number of β-amino-alcohol motifs (C(OH)–C–C–N with tert-alkyl or cyclic N) is 1. The molecule has 0 spiro atoms.